The van der Waals surface area contributed by atoms with Gasteiger partial charge in [0.1, 0.15) is 17.1 Å². The third-order valence-electron chi connectivity index (χ3n) is 2.52. The fraction of sp³-hybridized carbons (Fsp3) is 0.467. The Balaban J connectivity index is 2.60. The highest BCUT2D eigenvalue weighted by Gasteiger charge is 2.18. The highest BCUT2D eigenvalue weighted by Crippen LogP contribution is 2.22. The van der Waals surface area contributed by atoms with Crippen molar-refractivity contribution in [2.75, 3.05) is 5.32 Å². The number of anilines is 1. The van der Waals surface area contributed by atoms with Crippen LogP contribution in [0.1, 0.15) is 39.2 Å². The zero-order valence-electron chi connectivity index (χ0n) is 12.5. The van der Waals surface area contributed by atoms with Crippen LogP contribution in [0.2, 0.25) is 0 Å². The number of nitrogens with one attached hydrogen (secondary N) is 1. The molecule has 1 N–H and O–H groups in total. The van der Waals surface area contributed by atoms with Crippen molar-refractivity contribution in [1.29, 1.82) is 0 Å². The van der Waals surface area contributed by atoms with Crippen molar-refractivity contribution in [1.82, 2.24) is 0 Å². The predicted octanol–water partition coefficient (Wildman–Crippen LogP) is 3.33. The predicted molar refractivity (Wildman–Crippen MR) is 74.8 cm³/mol. The smallest absolute Gasteiger partial charge is 0.306 e. The first kappa shape index (κ1) is 17.1. The summed E-state index contributed by atoms with van der Waals surface area (Å²) in [5, 5.41) is 2.14. The number of hydrogen-bond donors (Lipinski definition) is 1. The molecule has 0 aromatic heterocycles. The molecule has 0 fully saturated rings. The summed E-state index contributed by atoms with van der Waals surface area (Å²) in [6.07, 6.45) is -0.361. The second kappa shape index (κ2) is 6.65. The van der Waals surface area contributed by atoms with Crippen LogP contribution in [-0.2, 0) is 14.3 Å². The lowest BCUT2D eigenvalue weighted by molar-refractivity contribution is -0.155. The maximum absolute atomic E-state index is 13.7. The largest absolute Gasteiger partial charge is 0.460 e. The molecule has 0 unspecified atom stereocenters. The normalized spacial score (nSPS) is 11.1. The van der Waals surface area contributed by atoms with Gasteiger partial charge in [0.25, 0.3) is 0 Å². The van der Waals surface area contributed by atoms with E-state index in [-0.39, 0.29) is 18.4 Å². The molecule has 0 aliphatic heterocycles. The third kappa shape index (κ3) is 5.49. The first-order chi connectivity index (χ1) is 9.60. The minimum atomic E-state index is -0.858. The van der Waals surface area contributed by atoms with Crippen molar-refractivity contribution >= 4 is 17.6 Å². The van der Waals surface area contributed by atoms with E-state index in [2.05, 4.69) is 5.32 Å². The van der Waals surface area contributed by atoms with E-state index in [1.807, 2.05) is 0 Å². The van der Waals surface area contributed by atoms with E-state index in [0.717, 1.165) is 6.07 Å². The summed E-state index contributed by atoms with van der Waals surface area (Å²) < 4.78 is 32.2. The fourth-order valence-electron chi connectivity index (χ4n) is 1.58. The summed E-state index contributed by atoms with van der Waals surface area (Å²) in [6.45, 7) is 6.60. The fourth-order valence-corrected chi connectivity index (χ4v) is 1.58. The van der Waals surface area contributed by atoms with Crippen LogP contribution in [0.5, 0.6) is 0 Å². The lowest BCUT2D eigenvalue weighted by Crippen LogP contribution is -2.25. The van der Waals surface area contributed by atoms with E-state index in [1.165, 1.54) is 13.0 Å². The Morgan fingerprint density at radius 1 is 1.19 bits per heavy atom. The molecule has 0 saturated heterocycles. The average Bonchev–Trinajstić information content (AvgIpc) is 2.35. The van der Waals surface area contributed by atoms with Gasteiger partial charge in [0.2, 0.25) is 5.91 Å². The van der Waals surface area contributed by atoms with Gasteiger partial charge in [-0.25, -0.2) is 8.78 Å². The van der Waals surface area contributed by atoms with E-state index < -0.39 is 34.8 Å². The molecule has 0 spiro atoms. The van der Waals surface area contributed by atoms with Crippen LogP contribution in [0.4, 0.5) is 14.5 Å². The van der Waals surface area contributed by atoms with Crippen molar-refractivity contribution in [3.8, 4) is 0 Å². The molecule has 6 heteroatoms. The third-order valence-corrected chi connectivity index (χ3v) is 2.52. The first-order valence-electron chi connectivity index (χ1n) is 6.56. The van der Waals surface area contributed by atoms with Gasteiger partial charge in [-0.15, -0.1) is 0 Å². The molecular weight excluding hydrogens is 280 g/mol. The molecule has 1 amide bonds. The molecule has 0 aliphatic rings. The Kier molecular flexibility index (Phi) is 5.41. The molecule has 0 radical (unpaired) electrons. The van der Waals surface area contributed by atoms with Gasteiger partial charge in [-0.05, 0) is 39.3 Å². The highest BCUT2D eigenvalue weighted by atomic mass is 19.1. The quantitative estimate of drug-likeness (QED) is 0.868. The van der Waals surface area contributed by atoms with Crippen molar-refractivity contribution in [3.05, 3.63) is 29.3 Å². The van der Waals surface area contributed by atoms with Crippen molar-refractivity contribution in [3.63, 3.8) is 0 Å². The van der Waals surface area contributed by atoms with E-state index in [0.29, 0.717) is 0 Å². The van der Waals surface area contributed by atoms with Crippen LogP contribution in [-0.4, -0.2) is 17.5 Å². The van der Waals surface area contributed by atoms with E-state index in [4.69, 9.17) is 4.74 Å². The standard InChI is InChI=1S/C15H19F2NO3/c1-9-5-6-10(16)14(13(9)17)18-11(19)7-8-12(20)21-15(2,3)4/h5-6H,7-8H2,1-4H3,(H,18,19). The van der Waals surface area contributed by atoms with Gasteiger partial charge < -0.3 is 10.1 Å². The molecule has 0 saturated carbocycles. The zero-order valence-corrected chi connectivity index (χ0v) is 12.5. The topological polar surface area (TPSA) is 55.4 Å². The van der Waals surface area contributed by atoms with Crippen LogP contribution in [0.15, 0.2) is 12.1 Å². The van der Waals surface area contributed by atoms with Gasteiger partial charge in [-0.2, -0.15) is 0 Å². The SMILES string of the molecule is Cc1ccc(F)c(NC(=O)CCC(=O)OC(C)(C)C)c1F. The molecule has 0 heterocycles. The summed E-state index contributed by atoms with van der Waals surface area (Å²) in [5.41, 5.74) is -0.912. The van der Waals surface area contributed by atoms with Crippen LogP contribution in [0.25, 0.3) is 0 Å². The summed E-state index contributed by atoms with van der Waals surface area (Å²) in [7, 11) is 0. The second-order valence-electron chi connectivity index (χ2n) is 5.69. The summed E-state index contributed by atoms with van der Waals surface area (Å²) >= 11 is 0. The van der Waals surface area contributed by atoms with Gasteiger partial charge in [-0.3, -0.25) is 9.59 Å². The molecular formula is C15H19F2NO3. The van der Waals surface area contributed by atoms with E-state index in [1.54, 1.807) is 20.8 Å². The number of rotatable bonds is 4. The summed E-state index contributed by atoms with van der Waals surface area (Å²) in [4.78, 5) is 23.1. The van der Waals surface area contributed by atoms with Gasteiger partial charge >= 0.3 is 5.97 Å². The Morgan fingerprint density at radius 3 is 2.38 bits per heavy atom. The van der Waals surface area contributed by atoms with Gasteiger partial charge in [0.15, 0.2) is 5.82 Å². The minimum absolute atomic E-state index is 0.155. The van der Waals surface area contributed by atoms with E-state index in [9.17, 15) is 18.4 Å². The summed E-state index contributed by atoms with van der Waals surface area (Å²) in [6, 6.07) is 2.35. The van der Waals surface area contributed by atoms with Crippen molar-refractivity contribution in [2.24, 2.45) is 0 Å². The van der Waals surface area contributed by atoms with Gasteiger partial charge in [0.05, 0.1) is 6.42 Å². The number of halogens is 2. The molecule has 21 heavy (non-hydrogen) atoms. The van der Waals surface area contributed by atoms with Crippen LogP contribution in [0.3, 0.4) is 0 Å². The molecule has 0 aliphatic carbocycles. The Labute approximate surface area is 122 Å². The molecule has 116 valence electrons. The van der Waals surface area contributed by atoms with Crippen LogP contribution < -0.4 is 5.32 Å². The molecule has 0 atom stereocenters. The van der Waals surface area contributed by atoms with Crippen molar-refractivity contribution < 1.29 is 23.1 Å². The Hall–Kier alpha value is -1.98. The minimum Gasteiger partial charge on any atom is -0.460 e. The number of ether oxygens (including phenoxy) is 1. The number of amides is 1. The van der Waals surface area contributed by atoms with Crippen LogP contribution >= 0.6 is 0 Å². The maximum Gasteiger partial charge on any atom is 0.306 e. The monoisotopic (exact) mass is 299 g/mol. The maximum atomic E-state index is 13.7. The molecule has 1 aromatic carbocycles. The lowest BCUT2D eigenvalue weighted by Gasteiger charge is -2.19. The van der Waals surface area contributed by atoms with Crippen LogP contribution in [0, 0.1) is 18.6 Å². The van der Waals surface area contributed by atoms with E-state index >= 15 is 0 Å². The van der Waals surface area contributed by atoms with Gasteiger partial charge in [0, 0.05) is 6.42 Å². The Bertz CT molecular complexity index is 551. The van der Waals surface area contributed by atoms with Gasteiger partial charge in [-0.1, -0.05) is 6.07 Å². The highest BCUT2D eigenvalue weighted by molar-refractivity contribution is 5.92. The Morgan fingerprint density at radius 2 is 1.81 bits per heavy atom. The number of esters is 1. The number of hydrogen-bond acceptors (Lipinski definition) is 3. The number of carbonyl (C=O) groups is 2. The molecule has 4 nitrogen and oxygen atoms in total. The molecule has 1 aromatic rings. The lowest BCUT2D eigenvalue weighted by atomic mass is 10.2. The number of aryl methyl sites for hydroxylation is 1. The zero-order chi connectivity index (χ0) is 16.2. The first-order valence-corrected chi connectivity index (χ1v) is 6.56. The second-order valence-corrected chi connectivity index (χ2v) is 5.69. The van der Waals surface area contributed by atoms with Crippen molar-refractivity contribution in [2.45, 2.75) is 46.1 Å². The average molecular weight is 299 g/mol. The molecule has 0 bridgehead atoms. The molecule has 1 rings (SSSR count). The number of benzene rings is 1. The summed E-state index contributed by atoms with van der Waals surface area (Å²) in [5.74, 6) is -2.86. The number of carbonyl (C=O) groups excluding carboxylic acids is 2.